The number of hydrogen-bond donors (Lipinski definition) is 3. The number of nitrogens with one attached hydrogen (secondary N) is 1. The minimum absolute atomic E-state index is 0. The molecule has 4 N–H and O–H groups in total. The van der Waals surface area contributed by atoms with E-state index in [-0.39, 0.29) is 29.8 Å². The van der Waals surface area contributed by atoms with Crippen LogP contribution in [0.1, 0.15) is 31.9 Å². The van der Waals surface area contributed by atoms with Crippen LogP contribution in [0, 0.1) is 5.92 Å². The van der Waals surface area contributed by atoms with Gasteiger partial charge in [0.2, 0.25) is 11.9 Å². The fourth-order valence-corrected chi connectivity index (χ4v) is 6.55. The number of tetrazole rings is 1. The number of nitrogens with zero attached hydrogens (tertiary/aromatic N) is 5. The Bertz CT molecular complexity index is 1330. The first-order chi connectivity index (χ1) is 19.6. The Kier molecular flexibility index (Phi) is 11.8. The molecule has 0 spiro atoms. The molecule has 0 radical (unpaired) electrons. The number of rotatable bonds is 12. The van der Waals surface area contributed by atoms with Crippen molar-refractivity contribution < 1.29 is 33.8 Å². The SMILES string of the molecule is CC(C)C[C@H](N)C(=O)OCOC(=O)C1=C(CSc2nnnn2C)CS[C@@H]2[C@H](NC(=O)[C@H](O)c3ccccc3)C(=O)N12.Cl. The number of amides is 2. The number of esters is 2. The van der Waals surface area contributed by atoms with Crippen LogP contribution in [0.2, 0.25) is 0 Å². The van der Waals surface area contributed by atoms with Gasteiger partial charge >= 0.3 is 11.9 Å². The zero-order valence-corrected chi connectivity index (χ0v) is 25.5. The summed E-state index contributed by atoms with van der Waals surface area (Å²) in [5, 5.41) is 24.2. The molecule has 0 saturated carbocycles. The summed E-state index contributed by atoms with van der Waals surface area (Å²) in [6, 6.07) is 6.52. The number of halogens is 1. The Morgan fingerprint density at radius 1 is 1.24 bits per heavy atom. The minimum atomic E-state index is -1.46. The van der Waals surface area contributed by atoms with Gasteiger partial charge in [0.05, 0.1) is 0 Å². The monoisotopic (exact) mass is 641 g/mol. The van der Waals surface area contributed by atoms with Gasteiger partial charge in [-0.2, -0.15) is 0 Å². The maximum absolute atomic E-state index is 13.2. The number of carbonyl (C=O) groups excluding carboxylic acids is 4. The molecule has 1 fully saturated rings. The van der Waals surface area contributed by atoms with E-state index in [1.807, 2.05) is 13.8 Å². The van der Waals surface area contributed by atoms with E-state index in [2.05, 4.69) is 20.8 Å². The van der Waals surface area contributed by atoms with Crippen LogP contribution < -0.4 is 11.1 Å². The van der Waals surface area contributed by atoms with Gasteiger partial charge < -0.3 is 25.6 Å². The highest BCUT2D eigenvalue weighted by molar-refractivity contribution is 8.01. The summed E-state index contributed by atoms with van der Waals surface area (Å²) in [6.07, 6.45) is -1.06. The van der Waals surface area contributed by atoms with Gasteiger partial charge in [0.25, 0.3) is 11.8 Å². The molecule has 14 nitrogen and oxygen atoms in total. The maximum Gasteiger partial charge on any atom is 0.357 e. The van der Waals surface area contributed by atoms with Crippen molar-refractivity contribution in [2.24, 2.45) is 18.7 Å². The van der Waals surface area contributed by atoms with Gasteiger partial charge in [-0.25, -0.2) is 9.48 Å². The van der Waals surface area contributed by atoms with Crippen molar-refractivity contribution in [1.82, 2.24) is 30.4 Å². The Hall–Kier alpha value is -3.18. The number of ether oxygens (including phenoxy) is 2. The van der Waals surface area contributed by atoms with E-state index >= 15 is 0 Å². The molecule has 1 saturated heterocycles. The maximum atomic E-state index is 13.2. The van der Waals surface area contributed by atoms with E-state index in [0.29, 0.717) is 28.5 Å². The van der Waals surface area contributed by atoms with Crippen molar-refractivity contribution in [3.63, 3.8) is 0 Å². The number of thioether (sulfide) groups is 2. The number of nitrogens with two attached hydrogens (primary N) is 1. The van der Waals surface area contributed by atoms with Crippen molar-refractivity contribution in [3.8, 4) is 0 Å². The predicted octanol–water partition coefficient (Wildman–Crippen LogP) is 0.529. The number of hydrogen-bond acceptors (Lipinski definition) is 13. The molecule has 4 atom stereocenters. The number of benzene rings is 1. The molecule has 228 valence electrons. The average molecular weight is 642 g/mol. The Morgan fingerprint density at radius 2 is 1.95 bits per heavy atom. The molecule has 2 aromatic rings. The zero-order chi connectivity index (χ0) is 29.7. The standard InChI is InChI=1S/C25H31N7O7S2.ClH/c1-13(2)9-16(26)23(36)38-12-39-24(37)18-15(11-41-25-28-29-30-31(25)3)10-40-22-17(21(35)32(18)22)27-20(34)19(33)14-7-5-4-6-8-14;/h4-8,13,16-17,19,22,33H,9-12,26H2,1-3H3,(H,27,34);1H/t16-,17+,19+,22+;/m0./s1. The van der Waals surface area contributed by atoms with Crippen molar-refractivity contribution in [3.05, 3.63) is 47.2 Å². The summed E-state index contributed by atoms with van der Waals surface area (Å²) < 4.78 is 11.7. The molecular formula is C25H32ClN7O7S2. The number of aliphatic hydroxyl groups excluding tert-OH is 1. The van der Waals surface area contributed by atoms with Crippen molar-refractivity contribution in [1.29, 1.82) is 0 Å². The first-order valence-corrected chi connectivity index (χ1v) is 14.8. The third-order valence-electron chi connectivity index (χ3n) is 6.28. The van der Waals surface area contributed by atoms with Crippen LogP contribution in [-0.4, -0.2) is 89.7 Å². The molecule has 42 heavy (non-hydrogen) atoms. The third-order valence-corrected chi connectivity index (χ3v) is 8.71. The number of β-lactam (4-membered cyclic amide) rings is 1. The molecule has 4 rings (SSSR count). The number of aromatic nitrogens is 4. The van der Waals surface area contributed by atoms with Gasteiger partial charge in [-0.05, 0) is 33.9 Å². The van der Waals surface area contributed by atoms with Gasteiger partial charge in [-0.3, -0.25) is 19.3 Å². The van der Waals surface area contributed by atoms with Crippen molar-refractivity contribution >= 4 is 59.7 Å². The first kappa shape index (κ1) is 33.3. The minimum Gasteiger partial charge on any atom is -0.427 e. The molecule has 0 bridgehead atoms. The normalized spacial score (nSPS) is 19.3. The Morgan fingerprint density at radius 3 is 2.60 bits per heavy atom. The lowest BCUT2D eigenvalue weighted by Gasteiger charge is -2.49. The largest absolute Gasteiger partial charge is 0.427 e. The predicted molar refractivity (Wildman–Crippen MR) is 155 cm³/mol. The van der Waals surface area contributed by atoms with Crippen LogP contribution >= 0.6 is 35.9 Å². The second-order valence-corrected chi connectivity index (χ2v) is 11.8. The lowest BCUT2D eigenvalue weighted by Crippen LogP contribution is -2.71. The summed E-state index contributed by atoms with van der Waals surface area (Å²) in [6.45, 7) is 3.15. The smallest absolute Gasteiger partial charge is 0.357 e. The summed E-state index contributed by atoms with van der Waals surface area (Å²) in [7, 11) is 1.67. The van der Waals surface area contributed by atoms with Crippen LogP contribution in [0.5, 0.6) is 0 Å². The lowest BCUT2D eigenvalue weighted by molar-refractivity contribution is -0.169. The van der Waals surface area contributed by atoms with Crippen LogP contribution in [0.25, 0.3) is 0 Å². The molecule has 2 amide bonds. The molecule has 0 aliphatic carbocycles. The van der Waals surface area contributed by atoms with E-state index in [1.54, 1.807) is 37.4 Å². The summed E-state index contributed by atoms with van der Waals surface area (Å²) in [5.41, 5.74) is 6.79. The third kappa shape index (κ3) is 7.60. The van der Waals surface area contributed by atoms with Gasteiger partial charge in [0.15, 0.2) is 6.10 Å². The lowest BCUT2D eigenvalue weighted by atomic mass is 10.0. The Balaban J connectivity index is 0.00000484. The highest BCUT2D eigenvalue weighted by Gasteiger charge is 2.54. The fraction of sp³-hybridized carbons (Fsp3) is 0.480. The van der Waals surface area contributed by atoms with E-state index in [4.69, 9.17) is 15.2 Å². The molecule has 1 aromatic heterocycles. The molecule has 0 unspecified atom stereocenters. The zero-order valence-electron chi connectivity index (χ0n) is 23.0. The molecule has 1 aromatic carbocycles. The average Bonchev–Trinajstić information content (AvgIpc) is 3.37. The van der Waals surface area contributed by atoms with E-state index in [1.165, 1.54) is 33.1 Å². The number of aryl methyl sites for hydroxylation is 1. The molecule has 2 aliphatic rings. The second-order valence-electron chi connectivity index (χ2n) is 9.78. The van der Waals surface area contributed by atoms with E-state index in [0.717, 1.165) is 0 Å². The Labute approximate surface area is 256 Å². The first-order valence-electron chi connectivity index (χ1n) is 12.7. The van der Waals surface area contributed by atoms with Gasteiger partial charge in [0.1, 0.15) is 23.2 Å². The molecule has 17 heteroatoms. The molecule has 2 aliphatic heterocycles. The summed E-state index contributed by atoms with van der Waals surface area (Å²) in [5.74, 6) is -2.07. The van der Waals surface area contributed by atoms with Gasteiger partial charge in [-0.1, -0.05) is 55.9 Å². The van der Waals surface area contributed by atoms with E-state index in [9.17, 15) is 24.3 Å². The molecule has 3 heterocycles. The quantitative estimate of drug-likeness (QED) is 0.126. The van der Waals surface area contributed by atoms with Crippen LogP contribution in [0.3, 0.4) is 0 Å². The van der Waals surface area contributed by atoms with Crippen molar-refractivity contribution in [2.75, 3.05) is 18.3 Å². The topological polar surface area (TPSA) is 192 Å². The van der Waals surface area contributed by atoms with Crippen LogP contribution in [-0.2, 0) is 35.7 Å². The second kappa shape index (κ2) is 14.8. The van der Waals surface area contributed by atoms with E-state index < -0.39 is 54.1 Å². The summed E-state index contributed by atoms with van der Waals surface area (Å²) in [4.78, 5) is 52.6. The number of fused-ring (bicyclic) bond motifs is 1. The van der Waals surface area contributed by atoms with Gasteiger partial charge in [-0.15, -0.1) is 29.3 Å². The van der Waals surface area contributed by atoms with Crippen LogP contribution in [0.4, 0.5) is 0 Å². The molecular weight excluding hydrogens is 610 g/mol. The highest BCUT2D eigenvalue weighted by Crippen LogP contribution is 2.42. The summed E-state index contributed by atoms with van der Waals surface area (Å²) >= 11 is 2.62. The number of carbonyl (C=O) groups is 4. The van der Waals surface area contributed by atoms with Gasteiger partial charge in [0, 0.05) is 18.6 Å². The fourth-order valence-electron chi connectivity index (χ4n) is 4.22. The highest BCUT2D eigenvalue weighted by atomic mass is 35.5. The van der Waals surface area contributed by atoms with Crippen molar-refractivity contribution in [2.45, 2.75) is 49.0 Å². The number of aliphatic hydroxyl groups is 1. The van der Waals surface area contributed by atoms with Crippen LogP contribution in [0.15, 0.2) is 46.8 Å².